The Morgan fingerprint density at radius 1 is 1.19 bits per heavy atom. The molecule has 0 aliphatic carbocycles. The van der Waals surface area contributed by atoms with Gasteiger partial charge in [-0.1, -0.05) is 79.1 Å². The van der Waals surface area contributed by atoms with Crippen molar-refractivity contribution in [3.05, 3.63) is 12.2 Å². The zero-order chi connectivity index (χ0) is 12.6. The van der Waals surface area contributed by atoms with Crippen LogP contribution in [-0.2, 0) is 0 Å². The van der Waals surface area contributed by atoms with Crippen molar-refractivity contribution in [3.63, 3.8) is 0 Å². The molecule has 0 nitrogen and oxygen atoms in total. The van der Waals surface area contributed by atoms with Gasteiger partial charge in [0.05, 0.1) is 0 Å². The number of allylic oxidation sites excluding steroid dienone is 2. The highest BCUT2D eigenvalue weighted by Gasteiger charge is 2.14. The molecule has 0 aromatic rings. The van der Waals surface area contributed by atoms with E-state index in [1.807, 2.05) is 0 Å². The highest BCUT2D eigenvalue weighted by atomic mass is 14.2. The Labute approximate surface area is 104 Å². The van der Waals surface area contributed by atoms with E-state index >= 15 is 0 Å². The fourth-order valence-electron chi connectivity index (χ4n) is 2.19. The molecule has 0 rings (SSSR count). The van der Waals surface area contributed by atoms with Crippen molar-refractivity contribution in [1.82, 2.24) is 0 Å². The minimum absolute atomic E-state index is 0.387. The van der Waals surface area contributed by atoms with E-state index in [9.17, 15) is 0 Å². The summed E-state index contributed by atoms with van der Waals surface area (Å²) in [7, 11) is 0. The normalized spacial score (nSPS) is 14.4. The quantitative estimate of drug-likeness (QED) is 0.373. The molecular weight excluding hydrogens is 191 g/mol. The molecule has 1 unspecified atom stereocenters. The van der Waals surface area contributed by atoms with Gasteiger partial charge >= 0.3 is 0 Å². The number of rotatable bonds is 8. The molecule has 0 aromatic heterocycles. The predicted molar refractivity (Wildman–Crippen MR) is 78.5 cm³/mol. The highest BCUT2D eigenvalue weighted by Crippen LogP contribution is 2.26. The molecule has 0 fully saturated rings. The molecule has 1 atom stereocenters. The molecule has 0 aromatic carbocycles. The SMILES string of the molecule is CCCC(C)(C)/C=C\C(CC)CB(C)CC. The van der Waals surface area contributed by atoms with Crippen molar-refractivity contribution in [1.29, 1.82) is 0 Å². The van der Waals surface area contributed by atoms with Crippen LogP contribution < -0.4 is 0 Å². The van der Waals surface area contributed by atoms with Crippen LogP contribution in [0.2, 0.25) is 19.5 Å². The smallest absolute Gasteiger partial charge is 0.0861 e. The van der Waals surface area contributed by atoms with Gasteiger partial charge in [-0.05, 0) is 17.8 Å². The summed E-state index contributed by atoms with van der Waals surface area (Å²) < 4.78 is 0. The standard InChI is InChI=1S/C15H31B/c1-7-11-15(4,5)12-10-14(8-2)13-16(6)9-3/h10,12,14H,7-9,11,13H2,1-6H3/b12-10-. The van der Waals surface area contributed by atoms with E-state index in [0.717, 1.165) is 12.6 Å². The van der Waals surface area contributed by atoms with E-state index in [1.165, 1.54) is 31.9 Å². The van der Waals surface area contributed by atoms with E-state index in [2.05, 4.69) is 53.6 Å². The molecule has 94 valence electrons. The highest BCUT2D eigenvalue weighted by molar-refractivity contribution is 6.57. The van der Waals surface area contributed by atoms with Gasteiger partial charge in [0.15, 0.2) is 0 Å². The number of hydrogen-bond acceptors (Lipinski definition) is 0. The molecule has 0 N–H and O–H groups in total. The van der Waals surface area contributed by atoms with Gasteiger partial charge in [-0.2, -0.15) is 0 Å². The van der Waals surface area contributed by atoms with Crippen molar-refractivity contribution >= 4 is 6.71 Å². The van der Waals surface area contributed by atoms with Crippen LogP contribution in [0.15, 0.2) is 12.2 Å². The molecular formula is C15H31B. The molecule has 16 heavy (non-hydrogen) atoms. The lowest BCUT2D eigenvalue weighted by Crippen LogP contribution is -2.12. The second-order valence-electron chi connectivity index (χ2n) is 6.02. The molecule has 0 radical (unpaired) electrons. The second-order valence-corrected chi connectivity index (χ2v) is 6.02. The van der Waals surface area contributed by atoms with E-state index in [-0.39, 0.29) is 0 Å². The summed E-state index contributed by atoms with van der Waals surface area (Å²) >= 11 is 0. The molecule has 0 heterocycles. The minimum atomic E-state index is 0.387. The van der Waals surface area contributed by atoms with Gasteiger partial charge in [-0.25, -0.2) is 0 Å². The first-order valence-electron chi connectivity index (χ1n) is 7.14. The van der Waals surface area contributed by atoms with Crippen LogP contribution in [0.5, 0.6) is 0 Å². The van der Waals surface area contributed by atoms with Crippen molar-refractivity contribution in [2.24, 2.45) is 11.3 Å². The first kappa shape index (κ1) is 15.8. The largest absolute Gasteiger partial charge is 0.136 e. The van der Waals surface area contributed by atoms with Crippen molar-refractivity contribution in [2.45, 2.75) is 73.3 Å². The third kappa shape index (κ3) is 7.14. The van der Waals surface area contributed by atoms with E-state index < -0.39 is 0 Å². The van der Waals surface area contributed by atoms with Gasteiger partial charge in [0.1, 0.15) is 6.71 Å². The lowest BCUT2D eigenvalue weighted by Gasteiger charge is -2.21. The van der Waals surface area contributed by atoms with Gasteiger partial charge in [0.25, 0.3) is 0 Å². The molecule has 0 saturated heterocycles. The summed E-state index contributed by atoms with van der Waals surface area (Å²) in [5.41, 5.74) is 0.387. The molecule has 0 aliphatic rings. The molecule has 0 bridgehead atoms. The van der Waals surface area contributed by atoms with Crippen molar-refractivity contribution < 1.29 is 0 Å². The van der Waals surface area contributed by atoms with Crippen LogP contribution in [0.3, 0.4) is 0 Å². The minimum Gasteiger partial charge on any atom is -0.0861 e. The first-order chi connectivity index (χ1) is 7.45. The van der Waals surface area contributed by atoms with E-state index in [0.29, 0.717) is 5.41 Å². The van der Waals surface area contributed by atoms with Crippen LogP contribution in [0.25, 0.3) is 0 Å². The van der Waals surface area contributed by atoms with E-state index in [1.54, 1.807) is 0 Å². The summed E-state index contributed by atoms with van der Waals surface area (Å²) in [6, 6.07) is 0. The van der Waals surface area contributed by atoms with Crippen LogP contribution in [0.4, 0.5) is 0 Å². The maximum atomic E-state index is 2.47. The molecule has 0 amide bonds. The van der Waals surface area contributed by atoms with Crippen LogP contribution >= 0.6 is 0 Å². The van der Waals surface area contributed by atoms with Crippen LogP contribution in [0, 0.1) is 11.3 Å². The zero-order valence-electron chi connectivity index (χ0n) is 12.3. The topological polar surface area (TPSA) is 0 Å². The van der Waals surface area contributed by atoms with Gasteiger partial charge in [0.2, 0.25) is 0 Å². The fourth-order valence-corrected chi connectivity index (χ4v) is 2.19. The van der Waals surface area contributed by atoms with Gasteiger partial charge in [-0.3, -0.25) is 0 Å². The average molecular weight is 222 g/mol. The Morgan fingerprint density at radius 2 is 1.81 bits per heavy atom. The second kappa shape index (κ2) is 7.98. The molecule has 0 aliphatic heterocycles. The Balaban J connectivity index is 4.24. The summed E-state index contributed by atoms with van der Waals surface area (Å²) in [5.74, 6) is 0.783. The predicted octanol–water partition coefficient (Wildman–Crippen LogP) is 5.54. The maximum Gasteiger partial charge on any atom is 0.136 e. The zero-order valence-corrected chi connectivity index (χ0v) is 12.3. The van der Waals surface area contributed by atoms with Gasteiger partial charge < -0.3 is 0 Å². The third-order valence-electron chi connectivity index (χ3n) is 3.64. The van der Waals surface area contributed by atoms with Crippen LogP contribution in [-0.4, -0.2) is 6.71 Å². The summed E-state index contributed by atoms with van der Waals surface area (Å²) in [4.78, 5) is 0. The Kier molecular flexibility index (Phi) is 7.88. The monoisotopic (exact) mass is 222 g/mol. The number of hydrogen-bond donors (Lipinski definition) is 0. The molecule has 1 heteroatoms. The van der Waals surface area contributed by atoms with E-state index in [4.69, 9.17) is 0 Å². The Hall–Kier alpha value is -0.195. The fraction of sp³-hybridized carbons (Fsp3) is 0.867. The molecule has 0 spiro atoms. The lowest BCUT2D eigenvalue weighted by molar-refractivity contribution is 0.428. The molecule has 0 saturated carbocycles. The van der Waals surface area contributed by atoms with Gasteiger partial charge in [0, 0.05) is 0 Å². The Bertz CT molecular complexity index is 194. The summed E-state index contributed by atoms with van der Waals surface area (Å²) in [6.07, 6.45) is 11.4. The third-order valence-corrected chi connectivity index (χ3v) is 3.64. The lowest BCUT2D eigenvalue weighted by atomic mass is 9.45. The van der Waals surface area contributed by atoms with Crippen LogP contribution in [0.1, 0.15) is 53.9 Å². The maximum absolute atomic E-state index is 2.47. The van der Waals surface area contributed by atoms with Crippen molar-refractivity contribution in [2.75, 3.05) is 0 Å². The average Bonchev–Trinajstić information content (AvgIpc) is 2.23. The summed E-state index contributed by atoms with van der Waals surface area (Å²) in [6.45, 7) is 14.8. The first-order valence-corrected chi connectivity index (χ1v) is 7.14. The van der Waals surface area contributed by atoms with Gasteiger partial charge in [-0.15, -0.1) is 0 Å². The summed E-state index contributed by atoms with van der Waals surface area (Å²) in [5, 5.41) is 0. The Morgan fingerprint density at radius 3 is 2.25 bits per heavy atom. The van der Waals surface area contributed by atoms with Crippen molar-refractivity contribution in [3.8, 4) is 0 Å².